The molecule has 0 heterocycles. The van der Waals surface area contributed by atoms with Gasteiger partial charge in [-0.2, -0.15) is 0 Å². The first-order chi connectivity index (χ1) is 12.6. The molecule has 1 aliphatic rings. The van der Waals surface area contributed by atoms with Crippen LogP contribution in [-0.2, 0) is 0 Å². The standard InChI is InChI=1S/C22H20N2O2/c1-24(22(25)26)21(14-10-12-15(23)13-11-14)20-18-8-4-2-6-16(18)17-7-3-5-9-19(17)20/h2-13,20-21H,23H2,1H3,(H,25,26). The first-order valence-electron chi connectivity index (χ1n) is 8.57. The van der Waals surface area contributed by atoms with E-state index in [9.17, 15) is 9.90 Å². The molecule has 0 spiro atoms. The first kappa shape index (κ1) is 16.2. The Kier molecular flexibility index (Phi) is 3.88. The van der Waals surface area contributed by atoms with Crippen LogP contribution in [0.5, 0.6) is 0 Å². The molecule has 0 saturated carbocycles. The maximum absolute atomic E-state index is 11.9. The van der Waals surface area contributed by atoms with E-state index in [0.29, 0.717) is 5.69 Å². The minimum absolute atomic E-state index is 0.0628. The molecule has 1 unspecified atom stereocenters. The van der Waals surface area contributed by atoms with Crippen LogP contribution in [-0.4, -0.2) is 23.1 Å². The lowest BCUT2D eigenvalue weighted by Gasteiger charge is -2.32. The minimum Gasteiger partial charge on any atom is -0.465 e. The SMILES string of the molecule is CN(C(=O)O)C(c1ccc(N)cc1)C1c2ccccc2-c2ccccc21. The summed E-state index contributed by atoms with van der Waals surface area (Å²) in [6, 6.07) is 23.6. The molecule has 0 aromatic heterocycles. The van der Waals surface area contributed by atoms with E-state index in [-0.39, 0.29) is 12.0 Å². The van der Waals surface area contributed by atoms with Crippen molar-refractivity contribution in [2.45, 2.75) is 12.0 Å². The fraction of sp³-hybridized carbons (Fsp3) is 0.136. The molecule has 3 N–H and O–H groups in total. The van der Waals surface area contributed by atoms with Crippen LogP contribution in [0.4, 0.5) is 10.5 Å². The lowest BCUT2D eigenvalue weighted by Crippen LogP contribution is -2.33. The molecule has 0 saturated heterocycles. The molecule has 0 radical (unpaired) electrons. The third kappa shape index (κ3) is 2.51. The molecular weight excluding hydrogens is 324 g/mol. The van der Waals surface area contributed by atoms with Gasteiger partial charge >= 0.3 is 6.09 Å². The van der Waals surface area contributed by atoms with Gasteiger partial charge in [0.15, 0.2) is 0 Å². The average Bonchev–Trinajstić information content (AvgIpc) is 2.98. The van der Waals surface area contributed by atoms with Gasteiger partial charge in [0.25, 0.3) is 0 Å². The fourth-order valence-corrected chi connectivity index (χ4v) is 3.99. The second-order valence-corrected chi connectivity index (χ2v) is 6.66. The summed E-state index contributed by atoms with van der Waals surface area (Å²) < 4.78 is 0. The van der Waals surface area contributed by atoms with E-state index in [4.69, 9.17) is 5.73 Å². The smallest absolute Gasteiger partial charge is 0.407 e. The highest BCUT2D eigenvalue weighted by molar-refractivity contribution is 5.80. The van der Waals surface area contributed by atoms with Crippen LogP contribution in [0.1, 0.15) is 28.7 Å². The summed E-state index contributed by atoms with van der Waals surface area (Å²) in [5.74, 6) is -0.0628. The Morgan fingerprint density at radius 3 is 1.92 bits per heavy atom. The summed E-state index contributed by atoms with van der Waals surface area (Å²) in [4.78, 5) is 13.3. The van der Waals surface area contributed by atoms with Crippen LogP contribution in [0, 0.1) is 0 Å². The lowest BCUT2D eigenvalue weighted by molar-refractivity contribution is 0.134. The molecule has 3 aromatic carbocycles. The number of benzene rings is 3. The van der Waals surface area contributed by atoms with Gasteiger partial charge < -0.3 is 15.7 Å². The lowest BCUT2D eigenvalue weighted by atomic mass is 9.84. The number of nitrogens with zero attached hydrogens (tertiary/aromatic N) is 1. The molecule has 0 aliphatic heterocycles. The van der Waals surface area contributed by atoms with Crippen molar-refractivity contribution in [3.63, 3.8) is 0 Å². The Labute approximate surface area is 152 Å². The Balaban J connectivity index is 1.93. The molecule has 1 amide bonds. The van der Waals surface area contributed by atoms with Gasteiger partial charge in [0, 0.05) is 18.7 Å². The maximum atomic E-state index is 11.9. The van der Waals surface area contributed by atoms with E-state index in [0.717, 1.165) is 16.7 Å². The third-order valence-electron chi connectivity index (χ3n) is 5.19. The van der Waals surface area contributed by atoms with Crippen LogP contribution >= 0.6 is 0 Å². The Hall–Kier alpha value is -3.27. The number of hydrogen-bond donors (Lipinski definition) is 2. The van der Waals surface area contributed by atoms with Crippen LogP contribution in [0.15, 0.2) is 72.8 Å². The quantitative estimate of drug-likeness (QED) is 0.675. The zero-order chi connectivity index (χ0) is 18.3. The van der Waals surface area contributed by atoms with Gasteiger partial charge in [-0.1, -0.05) is 60.7 Å². The number of nitrogens with two attached hydrogens (primary N) is 1. The number of fused-ring (bicyclic) bond motifs is 3. The molecule has 130 valence electrons. The van der Waals surface area contributed by atoms with E-state index >= 15 is 0 Å². The average molecular weight is 344 g/mol. The Morgan fingerprint density at radius 2 is 1.42 bits per heavy atom. The number of anilines is 1. The number of hydrogen-bond acceptors (Lipinski definition) is 2. The highest BCUT2D eigenvalue weighted by Gasteiger charge is 2.38. The number of carboxylic acid groups (broad SMARTS) is 1. The predicted molar refractivity (Wildman–Crippen MR) is 103 cm³/mol. The summed E-state index contributed by atoms with van der Waals surface area (Å²) in [5, 5.41) is 9.73. The van der Waals surface area contributed by atoms with Crippen LogP contribution < -0.4 is 5.73 Å². The molecule has 3 aromatic rings. The van der Waals surface area contributed by atoms with Crippen molar-refractivity contribution < 1.29 is 9.90 Å². The maximum Gasteiger partial charge on any atom is 0.407 e. The van der Waals surface area contributed by atoms with E-state index in [1.165, 1.54) is 16.0 Å². The monoisotopic (exact) mass is 344 g/mol. The normalized spacial score (nSPS) is 13.7. The number of amides is 1. The van der Waals surface area contributed by atoms with Gasteiger partial charge in [-0.3, -0.25) is 0 Å². The molecule has 4 rings (SSSR count). The van der Waals surface area contributed by atoms with Crippen molar-refractivity contribution in [3.05, 3.63) is 89.5 Å². The van der Waals surface area contributed by atoms with E-state index in [1.807, 2.05) is 48.5 Å². The Bertz CT molecular complexity index is 920. The van der Waals surface area contributed by atoms with Gasteiger partial charge in [-0.05, 0) is 39.9 Å². The van der Waals surface area contributed by atoms with Gasteiger partial charge in [-0.15, -0.1) is 0 Å². The zero-order valence-corrected chi connectivity index (χ0v) is 14.5. The molecule has 26 heavy (non-hydrogen) atoms. The predicted octanol–water partition coefficient (Wildman–Crippen LogP) is 4.73. The third-order valence-corrected chi connectivity index (χ3v) is 5.19. The van der Waals surface area contributed by atoms with Gasteiger partial charge in [0.2, 0.25) is 0 Å². The van der Waals surface area contributed by atoms with Crippen molar-refractivity contribution in [2.24, 2.45) is 0 Å². The van der Waals surface area contributed by atoms with E-state index in [2.05, 4.69) is 24.3 Å². The number of nitrogen functional groups attached to an aromatic ring is 1. The van der Waals surface area contributed by atoms with Crippen molar-refractivity contribution in [3.8, 4) is 11.1 Å². The van der Waals surface area contributed by atoms with Gasteiger partial charge in [0.1, 0.15) is 0 Å². The summed E-state index contributed by atoms with van der Waals surface area (Å²) in [7, 11) is 1.63. The summed E-state index contributed by atoms with van der Waals surface area (Å²) in [6.45, 7) is 0. The number of carbonyl (C=O) groups is 1. The molecular formula is C22H20N2O2. The Morgan fingerprint density at radius 1 is 0.923 bits per heavy atom. The number of rotatable bonds is 3. The number of likely N-dealkylation sites (N-methyl/N-ethyl adjacent to an activating group) is 1. The van der Waals surface area contributed by atoms with Crippen LogP contribution in [0.25, 0.3) is 11.1 Å². The van der Waals surface area contributed by atoms with Gasteiger partial charge in [0.05, 0.1) is 6.04 Å². The van der Waals surface area contributed by atoms with E-state index < -0.39 is 6.09 Å². The molecule has 0 bridgehead atoms. The molecule has 4 heteroatoms. The molecule has 1 atom stereocenters. The summed E-state index contributed by atoms with van der Waals surface area (Å²) >= 11 is 0. The highest BCUT2D eigenvalue weighted by atomic mass is 16.4. The zero-order valence-electron chi connectivity index (χ0n) is 14.5. The van der Waals surface area contributed by atoms with Crippen LogP contribution in [0.3, 0.4) is 0 Å². The topological polar surface area (TPSA) is 66.6 Å². The van der Waals surface area contributed by atoms with E-state index in [1.54, 1.807) is 7.05 Å². The van der Waals surface area contributed by atoms with Crippen molar-refractivity contribution in [2.75, 3.05) is 12.8 Å². The summed E-state index contributed by atoms with van der Waals surface area (Å²) in [6.07, 6.45) is -0.950. The van der Waals surface area contributed by atoms with Crippen molar-refractivity contribution >= 4 is 11.8 Å². The van der Waals surface area contributed by atoms with Crippen molar-refractivity contribution in [1.82, 2.24) is 4.90 Å². The first-order valence-corrected chi connectivity index (χ1v) is 8.57. The fourth-order valence-electron chi connectivity index (χ4n) is 3.99. The summed E-state index contributed by atoms with van der Waals surface area (Å²) in [5.41, 5.74) is 12.1. The van der Waals surface area contributed by atoms with Crippen molar-refractivity contribution in [1.29, 1.82) is 0 Å². The minimum atomic E-state index is -0.950. The highest BCUT2D eigenvalue weighted by Crippen LogP contribution is 2.51. The second-order valence-electron chi connectivity index (χ2n) is 6.66. The van der Waals surface area contributed by atoms with Gasteiger partial charge in [-0.25, -0.2) is 4.79 Å². The molecule has 1 aliphatic carbocycles. The molecule has 0 fully saturated rings. The van der Waals surface area contributed by atoms with Crippen LogP contribution in [0.2, 0.25) is 0 Å². The second kappa shape index (κ2) is 6.23. The largest absolute Gasteiger partial charge is 0.465 e. The molecule has 4 nitrogen and oxygen atoms in total.